The maximum Gasteiger partial charge on any atom is 0.333 e. The number of ether oxygens (including phenoxy) is 1. The number of carbonyl (C=O) groups is 1. The summed E-state index contributed by atoms with van der Waals surface area (Å²) in [4.78, 5) is 41.5. The number of aliphatic carboxylic acids is 1. The van der Waals surface area contributed by atoms with Gasteiger partial charge in [-0.2, -0.15) is 15.5 Å². The molecule has 3 aromatic heterocycles. The summed E-state index contributed by atoms with van der Waals surface area (Å²) in [5, 5.41) is 28.1. The molecule has 0 spiro atoms. The topological polar surface area (TPSA) is 145 Å². The average molecular weight is 537 g/mol. The van der Waals surface area contributed by atoms with Crippen LogP contribution < -0.4 is 11.2 Å². The molecule has 0 radical (unpaired) electrons. The van der Waals surface area contributed by atoms with Gasteiger partial charge in [-0.15, -0.1) is 4.80 Å². The molecule has 198 valence electrons. The van der Waals surface area contributed by atoms with Crippen molar-refractivity contribution >= 4 is 27.5 Å². The lowest BCUT2D eigenvalue weighted by Gasteiger charge is -2.26. The fourth-order valence-electron chi connectivity index (χ4n) is 4.42. The molecule has 4 aromatic rings. The van der Waals surface area contributed by atoms with Crippen LogP contribution in [0.1, 0.15) is 50.0 Å². The van der Waals surface area contributed by atoms with E-state index in [0.717, 1.165) is 22.1 Å². The van der Waals surface area contributed by atoms with Gasteiger partial charge in [0.1, 0.15) is 21.5 Å². The number of benzene rings is 1. The fourth-order valence-corrected chi connectivity index (χ4v) is 5.64. The molecule has 0 saturated carbocycles. The molecule has 0 amide bonds. The Morgan fingerprint density at radius 1 is 1.24 bits per heavy atom. The molecule has 0 aliphatic heterocycles. The first-order chi connectivity index (χ1) is 18.1. The molecule has 0 unspecified atom stereocenters. The Morgan fingerprint density at radius 2 is 1.92 bits per heavy atom. The van der Waals surface area contributed by atoms with Crippen LogP contribution in [0.3, 0.4) is 0 Å². The molecule has 3 heterocycles. The summed E-state index contributed by atoms with van der Waals surface area (Å²) in [6, 6.07) is 9.74. The zero-order valence-corrected chi connectivity index (χ0v) is 22.4. The SMILES string of the molecule is CCc1ccccc1[C@H](Cn1c(=O)n(C(C)(C)C(=O)O)c(=O)c2c(C)c(-n3nccn3)sc21)OCCC#N. The second kappa shape index (κ2) is 10.7. The van der Waals surface area contributed by atoms with Crippen LogP contribution in [0.5, 0.6) is 0 Å². The fraction of sp³-hybridized carbons (Fsp3) is 0.385. The molecule has 0 aliphatic rings. The number of nitriles is 1. The van der Waals surface area contributed by atoms with Gasteiger partial charge in [0.2, 0.25) is 0 Å². The number of rotatable bonds is 10. The molecule has 12 heteroatoms. The summed E-state index contributed by atoms with van der Waals surface area (Å²) in [6.07, 6.45) is 3.26. The van der Waals surface area contributed by atoms with Gasteiger partial charge in [-0.1, -0.05) is 42.5 Å². The lowest BCUT2D eigenvalue weighted by molar-refractivity contribution is -0.146. The third kappa shape index (κ3) is 4.66. The van der Waals surface area contributed by atoms with E-state index in [0.29, 0.717) is 15.4 Å². The standard InChI is InChI=1S/C26H28N6O5S/c1-5-17-9-6-7-10-18(17)19(37-14-8-11-27)15-30-23-20(16(2)22(38-23)32-28-12-13-29-32)21(33)31(25(30)36)26(3,4)24(34)35/h6-7,9-10,12-13,19H,5,8,14-15H2,1-4H3,(H,34,35)/t19-/m0/s1. The highest BCUT2D eigenvalue weighted by atomic mass is 32.1. The highest BCUT2D eigenvalue weighted by molar-refractivity contribution is 7.21. The normalized spacial score (nSPS) is 12.5. The van der Waals surface area contributed by atoms with E-state index in [1.807, 2.05) is 31.2 Å². The first-order valence-electron chi connectivity index (χ1n) is 12.1. The molecule has 0 aliphatic carbocycles. The van der Waals surface area contributed by atoms with Crippen molar-refractivity contribution in [3.63, 3.8) is 0 Å². The largest absolute Gasteiger partial charge is 0.480 e. The van der Waals surface area contributed by atoms with E-state index in [1.165, 1.54) is 46.9 Å². The molecule has 1 atom stereocenters. The molecule has 0 fully saturated rings. The predicted molar refractivity (Wildman–Crippen MR) is 142 cm³/mol. The second-order valence-electron chi connectivity index (χ2n) is 9.25. The number of fused-ring (bicyclic) bond motifs is 1. The number of hydrogen-bond donors (Lipinski definition) is 1. The monoisotopic (exact) mass is 536 g/mol. The van der Waals surface area contributed by atoms with Gasteiger partial charge < -0.3 is 9.84 Å². The van der Waals surface area contributed by atoms with Crippen LogP contribution >= 0.6 is 11.3 Å². The van der Waals surface area contributed by atoms with E-state index < -0.39 is 28.9 Å². The van der Waals surface area contributed by atoms with Gasteiger partial charge in [0, 0.05) is 5.56 Å². The van der Waals surface area contributed by atoms with Gasteiger partial charge in [0.05, 0.1) is 43.4 Å². The summed E-state index contributed by atoms with van der Waals surface area (Å²) in [6.45, 7) is 6.51. The van der Waals surface area contributed by atoms with Crippen molar-refractivity contribution in [3.8, 4) is 11.1 Å². The number of aryl methyl sites for hydroxylation is 2. The van der Waals surface area contributed by atoms with Crippen molar-refractivity contribution in [1.82, 2.24) is 24.1 Å². The van der Waals surface area contributed by atoms with Gasteiger partial charge in [0.15, 0.2) is 0 Å². The Balaban J connectivity index is 2.02. The molecule has 38 heavy (non-hydrogen) atoms. The number of nitrogens with zero attached hydrogens (tertiary/aromatic N) is 6. The number of thiophene rings is 1. The van der Waals surface area contributed by atoms with Crippen LogP contribution in [0.25, 0.3) is 15.2 Å². The molecule has 4 rings (SSSR count). The maximum absolute atomic E-state index is 13.9. The zero-order chi connectivity index (χ0) is 27.6. The minimum Gasteiger partial charge on any atom is -0.480 e. The van der Waals surface area contributed by atoms with E-state index in [-0.39, 0.29) is 25.0 Å². The van der Waals surface area contributed by atoms with Crippen molar-refractivity contribution in [2.75, 3.05) is 6.61 Å². The van der Waals surface area contributed by atoms with Crippen LogP contribution in [0, 0.1) is 18.3 Å². The lowest BCUT2D eigenvalue weighted by atomic mass is 10.00. The number of hydrogen-bond acceptors (Lipinski definition) is 8. The Bertz CT molecular complexity index is 1640. The minimum atomic E-state index is -1.82. The molecule has 11 nitrogen and oxygen atoms in total. The summed E-state index contributed by atoms with van der Waals surface area (Å²) >= 11 is 1.17. The first kappa shape index (κ1) is 27.0. The van der Waals surface area contributed by atoms with Crippen molar-refractivity contribution in [1.29, 1.82) is 5.26 Å². The maximum atomic E-state index is 13.9. The summed E-state index contributed by atoms with van der Waals surface area (Å²) in [7, 11) is 0. The van der Waals surface area contributed by atoms with Crippen LogP contribution in [-0.4, -0.2) is 41.8 Å². The van der Waals surface area contributed by atoms with Crippen molar-refractivity contribution in [3.05, 3.63) is 74.2 Å². The molecule has 0 saturated heterocycles. The summed E-state index contributed by atoms with van der Waals surface area (Å²) in [5.41, 5.74) is -0.880. The molecular weight excluding hydrogens is 508 g/mol. The number of aromatic nitrogens is 5. The van der Waals surface area contributed by atoms with E-state index in [1.54, 1.807) is 6.92 Å². The Kier molecular flexibility index (Phi) is 7.61. The van der Waals surface area contributed by atoms with Gasteiger partial charge >= 0.3 is 11.7 Å². The van der Waals surface area contributed by atoms with Crippen LogP contribution in [0.4, 0.5) is 0 Å². The summed E-state index contributed by atoms with van der Waals surface area (Å²) in [5.74, 6) is -1.32. The Morgan fingerprint density at radius 3 is 2.55 bits per heavy atom. The van der Waals surface area contributed by atoms with E-state index in [4.69, 9.17) is 10.00 Å². The van der Waals surface area contributed by atoms with Crippen LogP contribution in [-0.2, 0) is 28.0 Å². The Hall–Kier alpha value is -4.08. The predicted octanol–water partition coefficient (Wildman–Crippen LogP) is 3.17. The van der Waals surface area contributed by atoms with E-state index in [2.05, 4.69) is 16.3 Å². The highest BCUT2D eigenvalue weighted by Crippen LogP contribution is 2.32. The smallest absolute Gasteiger partial charge is 0.333 e. The number of carboxylic acid groups (broad SMARTS) is 1. The summed E-state index contributed by atoms with van der Waals surface area (Å²) < 4.78 is 8.31. The van der Waals surface area contributed by atoms with Gasteiger partial charge in [-0.3, -0.25) is 9.36 Å². The van der Waals surface area contributed by atoms with Gasteiger partial charge in [-0.25, -0.2) is 14.2 Å². The third-order valence-electron chi connectivity index (χ3n) is 6.53. The zero-order valence-electron chi connectivity index (χ0n) is 21.5. The Labute approximate surface area is 222 Å². The molecule has 0 bridgehead atoms. The van der Waals surface area contributed by atoms with E-state index in [9.17, 15) is 19.5 Å². The molecule has 1 aromatic carbocycles. The van der Waals surface area contributed by atoms with Crippen LogP contribution in [0.15, 0.2) is 46.2 Å². The molecular formula is C26H28N6O5S. The van der Waals surface area contributed by atoms with Crippen molar-refractivity contribution in [2.24, 2.45) is 0 Å². The minimum absolute atomic E-state index is 0.000314. The van der Waals surface area contributed by atoms with Gasteiger partial charge in [-0.05, 0) is 38.3 Å². The molecule has 1 N–H and O–H groups in total. The highest BCUT2D eigenvalue weighted by Gasteiger charge is 2.36. The van der Waals surface area contributed by atoms with Crippen molar-refractivity contribution < 1.29 is 14.6 Å². The lowest BCUT2D eigenvalue weighted by Crippen LogP contribution is -2.52. The van der Waals surface area contributed by atoms with Crippen molar-refractivity contribution in [2.45, 2.75) is 58.7 Å². The third-order valence-corrected chi connectivity index (χ3v) is 7.81. The van der Waals surface area contributed by atoms with Gasteiger partial charge in [0.25, 0.3) is 5.56 Å². The quantitative estimate of drug-likeness (QED) is 0.304. The first-order valence-corrected chi connectivity index (χ1v) is 12.9. The number of carboxylic acids is 1. The van der Waals surface area contributed by atoms with E-state index >= 15 is 0 Å². The van der Waals surface area contributed by atoms with Crippen LogP contribution in [0.2, 0.25) is 0 Å². The second-order valence-corrected chi connectivity index (χ2v) is 10.2. The average Bonchev–Trinajstić information content (AvgIpc) is 3.53.